The van der Waals surface area contributed by atoms with Gasteiger partial charge in [-0.25, -0.2) is 4.98 Å². The summed E-state index contributed by atoms with van der Waals surface area (Å²) >= 11 is 3.13. The molecule has 0 unspecified atom stereocenters. The van der Waals surface area contributed by atoms with Crippen molar-refractivity contribution in [2.45, 2.75) is 26.3 Å². The molecule has 1 aliphatic heterocycles. The van der Waals surface area contributed by atoms with Crippen molar-refractivity contribution >= 4 is 40.0 Å². The molecule has 29 heavy (non-hydrogen) atoms. The van der Waals surface area contributed by atoms with Gasteiger partial charge in [-0.15, -0.1) is 11.3 Å². The van der Waals surface area contributed by atoms with Crippen LogP contribution in [0.5, 0.6) is 0 Å². The number of aryl methyl sites for hydroxylation is 2. The third-order valence-corrected chi connectivity index (χ3v) is 6.58. The van der Waals surface area contributed by atoms with E-state index in [-0.39, 0.29) is 24.3 Å². The summed E-state index contributed by atoms with van der Waals surface area (Å²) < 4.78 is 10.9. The molecule has 0 radical (unpaired) electrons. The molecular formula is C20H21N3O4S2. The Labute approximate surface area is 176 Å². The minimum absolute atomic E-state index is 0.0122. The highest BCUT2D eigenvalue weighted by Gasteiger charge is 2.30. The van der Waals surface area contributed by atoms with Crippen molar-refractivity contribution in [3.63, 3.8) is 0 Å². The number of thiazole rings is 1. The molecule has 0 spiro atoms. The normalized spacial score (nSPS) is 16.8. The van der Waals surface area contributed by atoms with Gasteiger partial charge in [-0.05, 0) is 32.0 Å². The third kappa shape index (κ3) is 4.40. The molecule has 1 N–H and O–H groups in total. The first-order chi connectivity index (χ1) is 14.0. The van der Waals surface area contributed by atoms with Crippen LogP contribution in [-0.4, -0.2) is 39.7 Å². The number of nitrogens with zero attached hydrogens (tertiary/aromatic N) is 2. The molecule has 3 aromatic heterocycles. The maximum absolute atomic E-state index is 13.0. The van der Waals surface area contributed by atoms with Gasteiger partial charge in [0.25, 0.3) is 5.91 Å². The molecular weight excluding hydrogens is 410 g/mol. The molecule has 3 aromatic rings. The summed E-state index contributed by atoms with van der Waals surface area (Å²) in [6, 6.07) is 5.43. The van der Waals surface area contributed by atoms with Crippen molar-refractivity contribution in [2.75, 3.05) is 23.4 Å². The molecule has 1 saturated heterocycles. The van der Waals surface area contributed by atoms with E-state index in [1.807, 2.05) is 35.7 Å². The van der Waals surface area contributed by atoms with Gasteiger partial charge in [0.05, 0.1) is 30.0 Å². The van der Waals surface area contributed by atoms with Crippen LogP contribution in [0.25, 0.3) is 0 Å². The fourth-order valence-electron chi connectivity index (χ4n) is 3.26. The summed E-state index contributed by atoms with van der Waals surface area (Å²) in [6.07, 6.45) is 1.67. The lowest BCUT2D eigenvalue weighted by Crippen LogP contribution is -2.41. The molecule has 4 heterocycles. The minimum Gasteiger partial charge on any atom is -0.469 e. The van der Waals surface area contributed by atoms with Crippen molar-refractivity contribution in [1.29, 1.82) is 0 Å². The van der Waals surface area contributed by atoms with Crippen LogP contribution in [0.1, 0.15) is 39.4 Å². The Morgan fingerprint density at radius 2 is 2.17 bits per heavy atom. The molecule has 7 nitrogen and oxygen atoms in total. The highest BCUT2D eigenvalue weighted by molar-refractivity contribution is 7.99. The van der Waals surface area contributed by atoms with E-state index in [2.05, 4.69) is 10.3 Å². The van der Waals surface area contributed by atoms with E-state index in [1.165, 1.54) is 17.6 Å². The number of furan rings is 2. The molecule has 1 fully saturated rings. The van der Waals surface area contributed by atoms with Crippen molar-refractivity contribution < 1.29 is 18.4 Å². The highest BCUT2D eigenvalue weighted by atomic mass is 32.2. The van der Waals surface area contributed by atoms with Crippen LogP contribution in [0.15, 0.2) is 38.7 Å². The zero-order valence-electron chi connectivity index (χ0n) is 16.1. The number of rotatable bonds is 5. The number of carbonyl (C=O) groups excluding carboxylic acids is 2. The lowest BCUT2D eigenvalue weighted by Gasteiger charge is -2.34. The van der Waals surface area contributed by atoms with Crippen LogP contribution in [0.2, 0.25) is 0 Å². The molecule has 4 rings (SSSR count). The van der Waals surface area contributed by atoms with Crippen LogP contribution < -0.4 is 5.32 Å². The smallest absolute Gasteiger partial charge is 0.260 e. The average Bonchev–Trinajstić information content (AvgIpc) is 3.43. The minimum atomic E-state index is -0.273. The monoisotopic (exact) mass is 431 g/mol. The predicted octanol–water partition coefficient (Wildman–Crippen LogP) is 4.06. The van der Waals surface area contributed by atoms with E-state index < -0.39 is 0 Å². The van der Waals surface area contributed by atoms with E-state index in [1.54, 1.807) is 18.4 Å². The number of amides is 2. The Morgan fingerprint density at radius 3 is 2.90 bits per heavy atom. The topological polar surface area (TPSA) is 88.6 Å². The Kier molecular flexibility index (Phi) is 5.77. The molecule has 0 aliphatic carbocycles. The van der Waals surface area contributed by atoms with E-state index in [0.717, 1.165) is 23.0 Å². The highest BCUT2D eigenvalue weighted by Crippen LogP contribution is 2.31. The van der Waals surface area contributed by atoms with Crippen LogP contribution >= 0.6 is 23.1 Å². The van der Waals surface area contributed by atoms with Crippen LogP contribution in [0.3, 0.4) is 0 Å². The van der Waals surface area contributed by atoms with E-state index in [9.17, 15) is 9.59 Å². The van der Waals surface area contributed by atoms with Crippen molar-refractivity contribution in [3.8, 4) is 0 Å². The van der Waals surface area contributed by atoms with Crippen molar-refractivity contribution in [1.82, 2.24) is 9.88 Å². The number of hydrogen-bond acceptors (Lipinski definition) is 7. The fraction of sp³-hybridized carbons (Fsp3) is 0.350. The Bertz CT molecular complexity index is 1020. The first-order valence-electron chi connectivity index (χ1n) is 9.24. The molecule has 152 valence electrons. The van der Waals surface area contributed by atoms with Gasteiger partial charge in [0.15, 0.2) is 5.13 Å². The van der Waals surface area contributed by atoms with E-state index in [4.69, 9.17) is 8.83 Å². The van der Waals surface area contributed by atoms with Gasteiger partial charge in [0, 0.05) is 23.4 Å². The number of nitrogens with one attached hydrogen (secondary N) is 1. The fourth-order valence-corrected chi connectivity index (χ4v) is 5.02. The largest absolute Gasteiger partial charge is 0.469 e. The van der Waals surface area contributed by atoms with Crippen LogP contribution in [0, 0.1) is 13.8 Å². The molecule has 2 amide bonds. The number of anilines is 1. The quantitative estimate of drug-likeness (QED) is 0.655. The van der Waals surface area contributed by atoms with Gasteiger partial charge in [0.2, 0.25) is 5.91 Å². The zero-order valence-corrected chi connectivity index (χ0v) is 17.8. The number of carbonyl (C=O) groups is 2. The third-order valence-electron chi connectivity index (χ3n) is 4.75. The van der Waals surface area contributed by atoms with Gasteiger partial charge >= 0.3 is 0 Å². The van der Waals surface area contributed by atoms with Gasteiger partial charge in [-0.3, -0.25) is 14.9 Å². The summed E-state index contributed by atoms with van der Waals surface area (Å²) in [7, 11) is 0. The van der Waals surface area contributed by atoms with Crippen LogP contribution in [0.4, 0.5) is 5.13 Å². The van der Waals surface area contributed by atoms with Gasteiger partial charge in [-0.2, -0.15) is 11.8 Å². The lowest BCUT2D eigenvalue weighted by molar-refractivity contribution is -0.132. The number of aromatic nitrogens is 1. The Morgan fingerprint density at radius 1 is 1.31 bits per heavy atom. The van der Waals surface area contributed by atoms with Gasteiger partial charge in [-0.1, -0.05) is 0 Å². The molecule has 0 aromatic carbocycles. The molecule has 0 bridgehead atoms. The Hall–Kier alpha value is -2.52. The second-order valence-corrected chi connectivity index (χ2v) is 8.80. The van der Waals surface area contributed by atoms with Gasteiger partial charge < -0.3 is 13.7 Å². The maximum Gasteiger partial charge on any atom is 0.260 e. The van der Waals surface area contributed by atoms with Crippen LogP contribution in [-0.2, 0) is 11.2 Å². The van der Waals surface area contributed by atoms with Crippen molar-refractivity contribution in [2.24, 2.45) is 0 Å². The summed E-state index contributed by atoms with van der Waals surface area (Å²) in [4.78, 5) is 31.5. The molecule has 1 aliphatic rings. The zero-order chi connectivity index (χ0) is 20.4. The average molecular weight is 432 g/mol. The first-order valence-corrected chi connectivity index (χ1v) is 11.3. The summed E-state index contributed by atoms with van der Waals surface area (Å²) in [6.45, 7) is 4.32. The summed E-state index contributed by atoms with van der Waals surface area (Å²) in [5.41, 5.74) is 1.12. The van der Waals surface area contributed by atoms with Crippen molar-refractivity contribution in [3.05, 3.63) is 58.4 Å². The molecule has 9 heteroatoms. The SMILES string of the molecule is Cc1ccc([C@@H]2CSCCN2C(=O)Cc2csc(NC(=O)c3ccoc3C)n2)o1. The van der Waals surface area contributed by atoms with E-state index >= 15 is 0 Å². The van der Waals surface area contributed by atoms with E-state index in [0.29, 0.717) is 28.7 Å². The van der Waals surface area contributed by atoms with Gasteiger partial charge in [0.1, 0.15) is 17.3 Å². The Balaban J connectivity index is 1.41. The standard InChI is InChI=1S/C20H21N3O4S2/c1-12-3-4-17(27-12)16-11-28-8-6-23(16)18(24)9-14-10-29-20(21-14)22-19(25)15-5-7-26-13(15)2/h3-5,7,10,16H,6,8-9,11H2,1-2H3,(H,21,22,25)/t16-/m0/s1. The number of thioether (sulfide) groups is 1. The first kappa shape index (κ1) is 19.8. The maximum atomic E-state index is 13.0. The summed E-state index contributed by atoms with van der Waals surface area (Å²) in [5, 5.41) is 5.03. The molecule has 0 saturated carbocycles. The second kappa shape index (κ2) is 8.46. The number of hydrogen-bond donors (Lipinski definition) is 1. The second-order valence-electron chi connectivity index (χ2n) is 6.79. The predicted molar refractivity (Wildman–Crippen MR) is 112 cm³/mol. The molecule has 1 atom stereocenters. The summed E-state index contributed by atoms with van der Waals surface area (Å²) in [5.74, 6) is 3.69. The lowest BCUT2D eigenvalue weighted by atomic mass is 10.2.